The Balaban J connectivity index is 8.51. The Morgan fingerprint density at radius 3 is 0.531 bits per heavy atom. The molecule has 0 aromatic rings. The Bertz CT molecular complexity index is 1060. The van der Waals surface area contributed by atoms with Crippen LogP contribution in [0.3, 0.4) is 0 Å². The smallest absolute Gasteiger partial charge is 0.305 e. The molecule has 0 heterocycles. The Kier molecular flexibility index (Phi) is 35.2. The average Bonchev–Trinajstić information content (AvgIpc) is 2.94. The van der Waals surface area contributed by atoms with Crippen molar-refractivity contribution in [3.05, 3.63) is 0 Å². The van der Waals surface area contributed by atoms with Crippen LogP contribution in [-0.2, 0) is 13.6 Å². The molecule has 6 unspecified atom stereocenters. The molecule has 0 saturated heterocycles. The minimum Gasteiger partial charge on any atom is -0.305 e. The van der Waals surface area contributed by atoms with Gasteiger partial charge in [0, 0.05) is 70.8 Å². The lowest BCUT2D eigenvalue weighted by Crippen LogP contribution is -2.44. The molecule has 0 aromatic heterocycles. The Labute approximate surface area is 502 Å². The van der Waals surface area contributed by atoms with Gasteiger partial charge in [0.05, 0.1) is 16.8 Å². The summed E-state index contributed by atoms with van der Waals surface area (Å²) in [5.74, 6) is 0. The fourth-order valence-electron chi connectivity index (χ4n) is 7.48. The molecule has 6 atom stereocenters. The molecule has 0 radical (unpaired) electrons. The highest BCUT2D eigenvalue weighted by molar-refractivity contribution is 7.41. The lowest BCUT2D eigenvalue weighted by Gasteiger charge is -2.46. The van der Waals surface area contributed by atoms with Gasteiger partial charge in [-0.3, -0.25) is 0 Å². The van der Waals surface area contributed by atoms with E-state index in [0.717, 1.165) is 0 Å². The van der Waals surface area contributed by atoms with E-state index in [-0.39, 0.29) is 77.0 Å². The summed E-state index contributed by atoms with van der Waals surface area (Å²) in [6, 6.07) is 0. The Hall–Kier alpha value is 7.27. The summed E-state index contributed by atoms with van der Waals surface area (Å²) in [7, 11) is -2.69. The normalized spacial score (nSPS) is 20.1. The van der Waals surface area contributed by atoms with E-state index in [9.17, 15) is 0 Å². The van der Waals surface area contributed by atoms with Crippen molar-refractivity contribution in [2.45, 2.75) is 208 Å². The van der Waals surface area contributed by atoms with Gasteiger partial charge in [-0.05, 0) is 57.8 Å². The van der Waals surface area contributed by atoms with E-state index < -0.39 is 80.4 Å². The fourth-order valence-corrected chi connectivity index (χ4v) is 17.1. The molecule has 0 aliphatic carbocycles. The number of hydrogen-bond acceptors (Lipinski definition) is 3. The van der Waals surface area contributed by atoms with Crippen LogP contribution in [0.25, 0.3) is 0 Å². The van der Waals surface area contributed by atoms with E-state index in [2.05, 4.69) is 0 Å². The molecule has 0 aromatic carbocycles. The first kappa shape index (κ1) is 71.3. The highest BCUT2D eigenvalue weighted by atomic mass is 35.6. The maximum atomic E-state index is 7.29. The zero-order valence-electron chi connectivity index (χ0n) is 34.4. The standard InChI is InChI=1S/C36H51Cl24O3P/c1-4-7-28(10-22(37)16-31(43,44)45,11-23(38)17-32(46,47)48)61-64(62-29(8-5-2,12-24(39)18-33(49,50)51)13-25(40)19-34(52,53)54)63-30(9-6-3,14-26(41)20-35(55,56)57)15-27(42)21-36(58,59)60/h22-27H,4-21H2,1-3H3. The minimum atomic E-state index is -2.69. The van der Waals surface area contributed by atoms with E-state index >= 15 is 0 Å². The SMILES string of the molecule is CCCC(CC(Cl)CC(Cl)(Cl)Cl)(CC(Cl)CC(Cl)(Cl)Cl)OP(OC(CCC)(CC(Cl)CC(Cl)(Cl)Cl)CC(Cl)CC(Cl)(Cl)Cl)OC(CCC)(CC(Cl)CC(Cl)(Cl)Cl)CC(Cl)CC(Cl)(Cl)Cl. The van der Waals surface area contributed by atoms with Gasteiger partial charge in [-0.15, -0.1) is 69.6 Å². The summed E-state index contributed by atoms with van der Waals surface area (Å²) in [4.78, 5) is 0. The zero-order valence-corrected chi connectivity index (χ0v) is 53.5. The summed E-state index contributed by atoms with van der Waals surface area (Å²) in [5.41, 5.74) is -4.02. The van der Waals surface area contributed by atoms with Crippen LogP contribution >= 0.6 is 287 Å². The van der Waals surface area contributed by atoms with Gasteiger partial charge < -0.3 is 13.6 Å². The van der Waals surface area contributed by atoms with Gasteiger partial charge in [0.25, 0.3) is 0 Å². The molecular weight excluding hydrogens is 1360 g/mol. The van der Waals surface area contributed by atoms with Gasteiger partial charge in [0.15, 0.2) is 22.8 Å². The van der Waals surface area contributed by atoms with Crippen molar-refractivity contribution < 1.29 is 13.6 Å². The van der Waals surface area contributed by atoms with E-state index in [1.54, 1.807) is 0 Å². The molecule has 0 fully saturated rings. The average molecular weight is 1410 g/mol. The highest BCUT2D eigenvalue weighted by Crippen LogP contribution is 2.60. The van der Waals surface area contributed by atoms with Crippen molar-refractivity contribution in [1.29, 1.82) is 0 Å². The predicted octanol–water partition coefficient (Wildman–Crippen LogP) is 23.4. The lowest BCUT2D eigenvalue weighted by atomic mass is 9.86. The molecule has 0 aliphatic heterocycles. The molecule has 0 N–H and O–H groups in total. The topological polar surface area (TPSA) is 27.7 Å². The monoisotopic (exact) mass is 1400 g/mol. The van der Waals surface area contributed by atoms with Gasteiger partial charge in [0.2, 0.25) is 0 Å². The first-order chi connectivity index (χ1) is 28.6. The second-order valence-corrected chi connectivity index (χ2v) is 35.8. The minimum absolute atomic E-state index is 0.0278. The molecule has 386 valence electrons. The summed E-state index contributed by atoms with van der Waals surface area (Å²) in [6.07, 6.45) is 1.97. The fraction of sp³-hybridized carbons (Fsp3) is 1.00. The first-order valence-electron chi connectivity index (χ1n) is 19.7. The van der Waals surface area contributed by atoms with Crippen LogP contribution in [0.1, 0.15) is 136 Å². The molecule has 28 heteroatoms. The third-order valence-corrected chi connectivity index (χ3v) is 15.4. The number of rotatable bonds is 30. The maximum Gasteiger partial charge on any atom is 0.334 e. The van der Waals surface area contributed by atoms with Gasteiger partial charge in [-0.2, -0.15) is 0 Å². The van der Waals surface area contributed by atoms with Crippen LogP contribution in [0.15, 0.2) is 0 Å². The van der Waals surface area contributed by atoms with Crippen molar-refractivity contribution in [1.82, 2.24) is 0 Å². The van der Waals surface area contributed by atoms with Crippen molar-refractivity contribution in [2.75, 3.05) is 0 Å². The summed E-state index contributed by atoms with van der Waals surface area (Å²) in [6.45, 7) is 5.78. The van der Waals surface area contributed by atoms with Crippen LogP contribution < -0.4 is 0 Å². The molecule has 0 aliphatic rings. The summed E-state index contributed by atoms with van der Waals surface area (Å²) >= 11 is 155. The molecule has 0 amide bonds. The van der Waals surface area contributed by atoms with Crippen LogP contribution in [0.4, 0.5) is 0 Å². The Morgan fingerprint density at radius 1 is 0.281 bits per heavy atom. The highest BCUT2D eigenvalue weighted by Gasteiger charge is 2.50. The number of halogens is 24. The van der Waals surface area contributed by atoms with E-state index in [0.29, 0.717) is 38.5 Å². The maximum absolute atomic E-state index is 7.29. The Morgan fingerprint density at radius 2 is 0.422 bits per heavy atom. The second-order valence-electron chi connectivity index (χ2n) is 16.0. The van der Waals surface area contributed by atoms with E-state index in [4.69, 9.17) is 292 Å². The number of hydrogen-bond donors (Lipinski definition) is 0. The van der Waals surface area contributed by atoms with E-state index in [1.807, 2.05) is 20.8 Å². The third-order valence-electron chi connectivity index (χ3n) is 9.20. The van der Waals surface area contributed by atoms with Crippen molar-refractivity contribution in [3.8, 4) is 0 Å². The van der Waals surface area contributed by atoms with Crippen molar-refractivity contribution in [3.63, 3.8) is 0 Å². The van der Waals surface area contributed by atoms with Gasteiger partial charge in [-0.25, -0.2) is 0 Å². The van der Waals surface area contributed by atoms with Gasteiger partial charge in [0.1, 0.15) is 0 Å². The lowest BCUT2D eigenvalue weighted by molar-refractivity contribution is -0.0669. The van der Waals surface area contributed by atoms with Gasteiger partial charge >= 0.3 is 8.60 Å². The molecular formula is C36H51Cl24O3P. The predicted molar refractivity (Wildman–Crippen MR) is 298 cm³/mol. The van der Waals surface area contributed by atoms with Crippen LogP contribution in [0.5, 0.6) is 0 Å². The summed E-state index contributed by atoms with van der Waals surface area (Å²) < 4.78 is 11.4. The molecule has 0 rings (SSSR count). The van der Waals surface area contributed by atoms with Crippen LogP contribution in [-0.4, -0.2) is 71.8 Å². The molecule has 0 bridgehead atoms. The van der Waals surface area contributed by atoms with E-state index in [1.165, 1.54) is 0 Å². The zero-order chi connectivity index (χ0) is 50.4. The molecule has 3 nitrogen and oxygen atoms in total. The number of alkyl halides is 24. The summed E-state index contributed by atoms with van der Waals surface area (Å²) in [5, 5.41) is -4.95. The molecule has 64 heavy (non-hydrogen) atoms. The quantitative estimate of drug-likeness (QED) is 0.0530. The van der Waals surface area contributed by atoms with Gasteiger partial charge in [-0.1, -0.05) is 249 Å². The second kappa shape index (κ2) is 31.6. The third kappa shape index (κ3) is 36.3. The van der Waals surface area contributed by atoms with Crippen LogP contribution in [0, 0.1) is 0 Å². The largest absolute Gasteiger partial charge is 0.334 e. The molecule has 0 spiro atoms. The van der Waals surface area contributed by atoms with Crippen molar-refractivity contribution in [2.24, 2.45) is 0 Å². The van der Waals surface area contributed by atoms with Crippen molar-refractivity contribution >= 4 is 287 Å². The molecule has 0 saturated carbocycles. The van der Waals surface area contributed by atoms with Crippen LogP contribution in [0.2, 0.25) is 0 Å². The first-order valence-corrected chi connectivity index (χ1v) is 30.2.